The van der Waals surface area contributed by atoms with E-state index in [9.17, 15) is 0 Å². The van der Waals surface area contributed by atoms with Gasteiger partial charge in [0.15, 0.2) is 0 Å². The molecule has 98 valence electrons. The molecular weight excluding hydrogens is 258 g/mol. The predicted molar refractivity (Wildman–Crippen MR) is 82.6 cm³/mol. The SMILES string of the molecule is CSC1(CNC2CCSc3ccccc32)CCC1. The Kier molecular flexibility index (Phi) is 3.92. The second kappa shape index (κ2) is 5.48. The zero-order valence-corrected chi connectivity index (χ0v) is 12.6. The molecule has 0 saturated heterocycles. The largest absolute Gasteiger partial charge is 0.308 e. The summed E-state index contributed by atoms with van der Waals surface area (Å²) < 4.78 is 0.541. The molecule has 0 spiro atoms. The Hall–Kier alpha value is -0.120. The molecule has 1 aromatic carbocycles. The fraction of sp³-hybridized carbons (Fsp3) is 0.600. The monoisotopic (exact) mass is 279 g/mol. The minimum atomic E-state index is 0.541. The molecular formula is C15H21NS2. The molecule has 1 aromatic rings. The molecule has 0 radical (unpaired) electrons. The molecule has 1 fully saturated rings. The molecule has 1 nitrogen and oxygen atoms in total. The summed E-state index contributed by atoms with van der Waals surface area (Å²) in [6.45, 7) is 1.18. The Morgan fingerprint density at radius 1 is 1.39 bits per heavy atom. The number of benzene rings is 1. The van der Waals surface area contributed by atoms with E-state index in [0.29, 0.717) is 10.8 Å². The van der Waals surface area contributed by atoms with E-state index in [0.717, 1.165) is 0 Å². The smallest absolute Gasteiger partial charge is 0.0339 e. The number of thioether (sulfide) groups is 2. The van der Waals surface area contributed by atoms with Gasteiger partial charge in [-0.3, -0.25) is 0 Å². The molecule has 1 aliphatic carbocycles. The maximum Gasteiger partial charge on any atom is 0.0339 e. The van der Waals surface area contributed by atoms with Crippen LogP contribution in [0.1, 0.15) is 37.3 Å². The van der Waals surface area contributed by atoms with Crippen LogP contribution in [0.4, 0.5) is 0 Å². The van der Waals surface area contributed by atoms with Crippen molar-refractivity contribution in [1.82, 2.24) is 5.32 Å². The number of nitrogens with one attached hydrogen (secondary N) is 1. The highest BCUT2D eigenvalue weighted by Crippen LogP contribution is 2.43. The van der Waals surface area contributed by atoms with Crippen LogP contribution < -0.4 is 5.32 Å². The number of hydrogen-bond donors (Lipinski definition) is 1. The molecule has 3 rings (SSSR count). The topological polar surface area (TPSA) is 12.0 Å². The Morgan fingerprint density at radius 3 is 2.94 bits per heavy atom. The van der Waals surface area contributed by atoms with Crippen LogP contribution in [-0.2, 0) is 0 Å². The molecule has 0 amide bonds. The molecule has 3 heteroatoms. The number of rotatable bonds is 4. The van der Waals surface area contributed by atoms with Crippen LogP contribution in [0.3, 0.4) is 0 Å². The lowest BCUT2D eigenvalue weighted by atomic mass is 9.84. The van der Waals surface area contributed by atoms with Crippen molar-refractivity contribution >= 4 is 23.5 Å². The highest BCUT2D eigenvalue weighted by Gasteiger charge is 2.36. The first-order chi connectivity index (χ1) is 8.83. The fourth-order valence-electron chi connectivity index (χ4n) is 2.89. The predicted octanol–water partition coefficient (Wildman–Crippen LogP) is 4.10. The number of fused-ring (bicyclic) bond motifs is 1. The molecule has 1 N–H and O–H groups in total. The van der Waals surface area contributed by atoms with E-state index < -0.39 is 0 Å². The minimum Gasteiger partial charge on any atom is -0.308 e. The van der Waals surface area contributed by atoms with E-state index in [2.05, 4.69) is 47.6 Å². The molecule has 1 heterocycles. The molecule has 1 aliphatic heterocycles. The molecule has 0 aromatic heterocycles. The quantitative estimate of drug-likeness (QED) is 0.891. The van der Waals surface area contributed by atoms with Crippen molar-refractivity contribution < 1.29 is 0 Å². The zero-order valence-electron chi connectivity index (χ0n) is 10.9. The van der Waals surface area contributed by atoms with Gasteiger partial charge in [0, 0.05) is 22.2 Å². The van der Waals surface area contributed by atoms with Gasteiger partial charge < -0.3 is 5.32 Å². The van der Waals surface area contributed by atoms with Crippen LogP contribution in [0.5, 0.6) is 0 Å². The van der Waals surface area contributed by atoms with Crippen LogP contribution in [0, 0.1) is 0 Å². The Labute approximate surface area is 119 Å². The Morgan fingerprint density at radius 2 is 2.22 bits per heavy atom. The summed E-state index contributed by atoms with van der Waals surface area (Å²) in [5.41, 5.74) is 1.52. The Balaban J connectivity index is 1.67. The first kappa shape index (κ1) is 12.9. The van der Waals surface area contributed by atoms with Gasteiger partial charge in [0.1, 0.15) is 0 Å². The Bertz CT molecular complexity index is 409. The minimum absolute atomic E-state index is 0.541. The van der Waals surface area contributed by atoms with E-state index in [-0.39, 0.29) is 0 Å². The van der Waals surface area contributed by atoms with Crippen LogP contribution in [0.15, 0.2) is 29.2 Å². The van der Waals surface area contributed by atoms with Crippen molar-refractivity contribution in [1.29, 1.82) is 0 Å². The van der Waals surface area contributed by atoms with Gasteiger partial charge in [0.05, 0.1) is 0 Å². The second-order valence-electron chi connectivity index (χ2n) is 5.35. The van der Waals surface area contributed by atoms with Gasteiger partial charge in [0.25, 0.3) is 0 Å². The van der Waals surface area contributed by atoms with Crippen molar-refractivity contribution in [2.75, 3.05) is 18.6 Å². The van der Waals surface area contributed by atoms with Crippen molar-refractivity contribution in [3.8, 4) is 0 Å². The third-order valence-electron chi connectivity index (χ3n) is 4.33. The molecule has 0 bridgehead atoms. The summed E-state index contributed by atoms with van der Waals surface area (Å²) in [5, 5.41) is 3.84. The molecule has 2 aliphatic rings. The van der Waals surface area contributed by atoms with Crippen LogP contribution in [0.2, 0.25) is 0 Å². The maximum absolute atomic E-state index is 3.84. The lowest BCUT2D eigenvalue weighted by Gasteiger charge is -2.42. The molecule has 18 heavy (non-hydrogen) atoms. The standard InChI is InChI=1S/C15H21NS2/c1-17-15(8-4-9-15)11-16-13-7-10-18-14-6-3-2-5-12(13)14/h2-3,5-6,13,16H,4,7-11H2,1H3. The third-order valence-corrected chi connectivity index (χ3v) is 6.87. The third kappa shape index (κ3) is 2.45. The van der Waals surface area contributed by atoms with Crippen molar-refractivity contribution in [2.45, 2.75) is 41.4 Å². The van der Waals surface area contributed by atoms with Crippen LogP contribution >= 0.6 is 23.5 Å². The lowest BCUT2D eigenvalue weighted by molar-refractivity contribution is 0.327. The maximum atomic E-state index is 3.84. The van der Waals surface area contributed by atoms with Crippen LogP contribution in [-0.4, -0.2) is 23.3 Å². The second-order valence-corrected chi connectivity index (χ2v) is 7.76. The van der Waals surface area contributed by atoms with E-state index in [1.165, 1.54) is 48.4 Å². The first-order valence-corrected chi connectivity index (χ1v) is 9.04. The van der Waals surface area contributed by atoms with Gasteiger partial charge in [-0.2, -0.15) is 11.8 Å². The van der Waals surface area contributed by atoms with E-state index in [4.69, 9.17) is 0 Å². The van der Waals surface area contributed by atoms with Crippen molar-refractivity contribution in [3.63, 3.8) is 0 Å². The number of hydrogen-bond acceptors (Lipinski definition) is 3. The average molecular weight is 279 g/mol. The van der Waals surface area contributed by atoms with Crippen molar-refractivity contribution in [3.05, 3.63) is 29.8 Å². The van der Waals surface area contributed by atoms with Gasteiger partial charge in [-0.15, -0.1) is 11.8 Å². The van der Waals surface area contributed by atoms with Crippen LogP contribution in [0.25, 0.3) is 0 Å². The van der Waals surface area contributed by atoms with E-state index >= 15 is 0 Å². The summed E-state index contributed by atoms with van der Waals surface area (Å²) in [5.74, 6) is 1.25. The summed E-state index contributed by atoms with van der Waals surface area (Å²) in [6.07, 6.45) is 7.74. The van der Waals surface area contributed by atoms with Gasteiger partial charge in [-0.25, -0.2) is 0 Å². The zero-order chi connectivity index (χ0) is 12.4. The summed E-state index contributed by atoms with van der Waals surface area (Å²) in [6, 6.07) is 9.47. The van der Waals surface area contributed by atoms with Gasteiger partial charge in [0.2, 0.25) is 0 Å². The normalized spacial score (nSPS) is 25.3. The van der Waals surface area contributed by atoms with Gasteiger partial charge in [-0.05, 0) is 42.9 Å². The molecule has 1 saturated carbocycles. The highest BCUT2D eigenvalue weighted by molar-refractivity contribution is 8.00. The summed E-state index contributed by atoms with van der Waals surface area (Å²) in [7, 11) is 0. The van der Waals surface area contributed by atoms with Gasteiger partial charge >= 0.3 is 0 Å². The average Bonchev–Trinajstić information content (AvgIpc) is 2.38. The van der Waals surface area contributed by atoms with E-state index in [1.54, 1.807) is 0 Å². The van der Waals surface area contributed by atoms with E-state index in [1.807, 2.05) is 11.8 Å². The first-order valence-electron chi connectivity index (χ1n) is 6.83. The highest BCUT2D eigenvalue weighted by atomic mass is 32.2. The summed E-state index contributed by atoms with van der Waals surface area (Å²) >= 11 is 4.07. The summed E-state index contributed by atoms with van der Waals surface area (Å²) in [4.78, 5) is 1.48. The molecule has 1 atom stereocenters. The van der Waals surface area contributed by atoms with Gasteiger partial charge in [-0.1, -0.05) is 24.6 Å². The fourth-order valence-corrected chi connectivity index (χ4v) is 4.94. The molecule has 1 unspecified atom stereocenters. The lowest BCUT2D eigenvalue weighted by Crippen LogP contribution is -2.44. The van der Waals surface area contributed by atoms with Crippen molar-refractivity contribution in [2.24, 2.45) is 0 Å².